The Morgan fingerprint density at radius 2 is 1.15 bits per heavy atom. The van der Waals surface area contributed by atoms with E-state index in [0.717, 1.165) is 33.4 Å². The van der Waals surface area contributed by atoms with Gasteiger partial charge in [0.2, 0.25) is 5.71 Å². The molecule has 0 spiro atoms. The Hall–Kier alpha value is -5.41. The summed E-state index contributed by atoms with van der Waals surface area (Å²) in [5.41, 5.74) is 7.17. The van der Waals surface area contributed by atoms with Gasteiger partial charge in [-0.05, 0) is 75.8 Å². The molecule has 0 aliphatic carbocycles. The molecule has 40 heavy (non-hydrogen) atoms. The molecule has 0 saturated carbocycles. The fourth-order valence-corrected chi connectivity index (χ4v) is 5.82. The largest absolute Gasteiger partial charge is 0.438 e. The molecule has 0 N–H and O–H groups in total. The Kier molecular flexibility index (Phi) is 5.14. The van der Waals surface area contributed by atoms with Gasteiger partial charge >= 0.3 is 0 Å². The predicted molar refractivity (Wildman–Crippen MR) is 167 cm³/mol. The summed E-state index contributed by atoms with van der Waals surface area (Å²) in [5.74, 6) is 0. The van der Waals surface area contributed by atoms with E-state index in [1.165, 1.54) is 32.7 Å². The van der Waals surface area contributed by atoms with Crippen LogP contribution >= 0.6 is 0 Å². The van der Waals surface area contributed by atoms with Crippen LogP contribution in [-0.4, -0.2) is 4.98 Å². The van der Waals surface area contributed by atoms with Gasteiger partial charge in [0.1, 0.15) is 5.58 Å². The lowest BCUT2D eigenvalue weighted by Crippen LogP contribution is -2.10. The minimum absolute atomic E-state index is 0.657. The van der Waals surface area contributed by atoms with Crippen molar-refractivity contribution in [2.45, 2.75) is 0 Å². The molecule has 188 valence electrons. The summed E-state index contributed by atoms with van der Waals surface area (Å²) < 4.78 is 6.06. The van der Waals surface area contributed by atoms with Gasteiger partial charge in [-0.1, -0.05) is 91.0 Å². The highest BCUT2D eigenvalue weighted by Crippen LogP contribution is 2.43. The average molecular weight is 513 g/mol. The Morgan fingerprint density at radius 1 is 0.475 bits per heavy atom. The molecule has 0 aliphatic rings. The van der Waals surface area contributed by atoms with Crippen LogP contribution in [0.15, 0.2) is 150 Å². The molecule has 3 heteroatoms. The highest BCUT2D eigenvalue weighted by molar-refractivity contribution is 6.15. The average Bonchev–Trinajstić information content (AvgIpc) is 3.40. The lowest BCUT2D eigenvalue weighted by atomic mass is 9.98. The van der Waals surface area contributed by atoms with Crippen molar-refractivity contribution in [2.75, 3.05) is 4.90 Å². The summed E-state index contributed by atoms with van der Waals surface area (Å²) >= 11 is 0. The molecule has 8 rings (SSSR count). The van der Waals surface area contributed by atoms with Crippen molar-refractivity contribution in [3.05, 3.63) is 146 Å². The third-order valence-electron chi connectivity index (χ3n) is 7.71. The summed E-state index contributed by atoms with van der Waals surface area (Å²) in [6.07, 6.45) is 1.77. The lowest BCUT2D eigenvalue weighted by Gasteiger charge is -2.28. The SMILES string of the molecule is c1ccc(-c2ccc(N(c3ccc4oc5ncccc5c4c3)c3cc4ccccc4c4ccccc34)cc2)cc1. The second kappa shape index (κ2) is 9.11. The maximum atomic E-state index is 6.06. The van der Waals surface area contributed by atoms with Gasteiger partial charge in [0.25, 0.3) is 0 Å². The molecule has 0 fully saturated rings. The van der Waals surface area contributed by atoms with E-state index in [0.29, 0.717) is 5.71 Å². The zero-order valence-corrected chi connectivity index (χ0v) is 21.7. The molecule has 8 aromatic rings. The molecule has 0 bridgehead atoms. The Bertz CT molecular complexity index is 2160. The van der Waals surface area contributed by atoms with Gasteiger partial charge in [-0.25, -0.2) is 4.98 Å². The molecule has 0 aliphatic heterocycles. The third-order valence-corrected chi connectivity index (χ3v) is 7.71. The highest BCUT2D eigenvalue weighted by Gasteiger charge is 2.19. The van der Waals surface area contributed by atoms with E-state index >= 15 is 0 Å². The molecule has 0 atom stereocenters. The van der Waals surface area contributed by atoms with E-state index in [9.17, 15) is 0 Å². The molecule has 2 heterocycles. The first-order valence-electron chi connectivity index (χ1n) is 13.5. The molecule has 6 aromatic carbocycles. The smallest absolute Gasteiger partial charge is 0.227 e. The van der Waals surface area contributed by atoms with E-state index in [-0.39, 0.29) is 0 Å². The van der Waals surface area contributed by atoms with E-state index < -0.39 is 0 Å². The van der Waals surface area contributed by atoms with Crippen LogP contribution in [0.5, 0.6) is 0 Å². The summed E-state index contributed by atoms with van der Waals surface area (Å²) in [4.78, 5) is 6.80. The van der Waals surface area contributed by atoms with E-state index in [1.54, 1.807) is 6.20 Å². The molecule has 0 saturated heterocycles. The van der Waals surface area contributed by atoms with Gasteiger partial charge < -0.3 is 9.32 Å². The summed E-state index contributed by atoms with van der Waals surface area (Å²) in [6.45, 7) is 0. The van der Waals surface area contributed by atoms with E-state index in [2.05, 4.69) is 143 Å². The fourth-order valence-electron chi connectivity index (χ4n) is 5.82. The van der Waals surface area contributed by atoms with Crippen LogP contribution in [0.25, 0.3) is 54.7 Å². The maximum Gasteiger partial charge on any atom is 0.227 e. The minimum Gasteiger partial charge on any atom is -0.438 e. The van der Waals surface area contributed by atoms with Crippen molar-refractivity contribution in [3.8, 4) is 11.1 Å². The van der Waals surface area contributed by atoms with Crippen molar-refractivity contribution in [1.29, 1.82) is 0 Å². The van der Waals surface area contributed by atoms with Gasteiger partial charge in [0.05, 0.1) is 5.69 Å². The van der Waals surface area contributed by atoms with Crippen LogP contribution in [0, 0.1) is 0 Å². The Balaban J connectivity index is 1.39. The summed E-state index contributed by atoms with van der Waals surface area (Å²) in [7, 11) is 0. The molecule has 3 nitrogen and oxygen atoms in total. The lowest BCUT2D eigenvalue weighted by molar-refractivity contribution is 0.654. The topological polar surface area (TPSA) is 29.3 Å². The van der Waals surface area contributed by atoms with Crippen LogP contribution in [-0.2, 0) is 0 Å². The first-order chi connectivity index (χ1) is 19.8. The predicted octanol–water partition coefficient (Wildman–Crippen LogP) is 10.4. The number of benzene rings is 6. The summed E-state index contributed by atoms with van der Waals surface area (Å²) in [6, 6.07) is 49.4. The molecule has 0 radical (unpaired) electrons. The number of nitrogens with zero attached hydrogens (tertiary/aromatic N) is 2. The number of furan rings is 1. The van der Waals surface area contributed by atoms with Crippen LogP contribution in [0.3, 0.4) is 0 Å². The Morgan fingerprint density at radius 3 is 2.00 bits per heavy atom. The van der Waals surface area contributed by atoms with E-state index in [1.807, 2.05) is 6.07 Å². The molecule has 0 unspecified atom stereocenters. The minimum atomic E-state index is 0.657. The fraction of sp³-hybridized carbons (Fsp3) is 0. The molecule has 2 aromatic heterocycles. The number of fused-ring (bicyclic) bond motifs is 6. The van der Waals surface area contributed by atoms with Gasteiger partial charge in [0, 0.05) is 33.7 Å². The van der Waals surface area contributed by atoms with Gasteiger partial charge in [-0.3, -0.25) is 0 Å². The van der Waals surface area contributed by atoms with Gasteiger partial charge in [0.15, 0.2) is 0 Å². The number of hydrogen-bond acceptors (Lipinski definition) is 3. The molecular formula is C37H24N2O. The first kappa shape index (κ1) is 22.6. The second-order valence-electron chi connectivity index (χ2n) is 10.0. The van der Waals surface area contributed by atoms with Crippen molar-refractivity contribution >= 4 is 60.7 Å². The first-order valence-corrected chi connectivity index (χ1v) is 13.5. The van der Waals surface area contributed by atoms with Crippen LogP contribution < -0.4 is 4.90 Å². The number of rotatable bonds is 4. The number of hydrogen-bond donors (Lipinski definition) is 0. The number of aromatic nitrogens is 1. The standard InChI is InChI=1S/C37H24N2O/c1-2-9-25(10-3-1)26-16-18-28(19-17-26)39(29-20-21-36-34(24-29)33-15-8-22-38-37(33)40-36)35-23-27-11-4-5-12-30(27)31-13-6-7-14-32(31)35/h1-24H. The summed E-state index contributed by atoms with van der Waals surface area (Å²) in [5, 5.41) is 6.97. The Labute approximate surface area is 231 Å². The van der Waals surface area contributed by atoms with Crippen molar-refractivity contribution in [2.24, 2.45) is 0 Å². The zero-order chi connectivity index (χ0) is 26.5. The molecular weight excluding hydrogens is 488 g/mol. The number of pyridine rings is 1. The second-order valence-corrected chi connectivity index (χ2v) is 10.0. The highest BCUT2D eigenvalue weighted by atomic mass is 16.3. The van der Waals surface area contributed by atoms with Crippen LogP contribution in [0.2, 0.25) is 0 Å². The van der Waals surface area contributed by atoms with Crippen molar-refractivity contribution in [1.82, 2.24) is 4.98 Å². The normalized spacial score (nSPS) is 11.5. The van der Waals surface area contributed by atoms with Crippen LogP contribution in [0.1, 0.15) is 0 Å². The van der Waals surface area contributed by atoms with Crippen molar-refractivity contribution < 1.29 is 4.42 Å². The van der Waals surface area contributed by atoms with Gasteiger partial charge in [-0.15, -0.1) is 0 Å². The molecule has 0 amide bonds. The van der Waals surface area contributed by atoms with Crippen LogP contribution in [0.4, 0.5) is 17.1 Å². The number of anilines is 3. The third kappa shape index (κ3) is 3.63. The zero-order valence-electron chi connectivity index (χ0n) is 21.7. The quantitative estimate of drug-likeness (QED) is 0.220. The monoisotopic (exact) mass is 512 g/mol. The van der Waals surface area contributed by atoms with E-state index in [4.69, 9.17) is 4.42 Å². The maximum absolute atomic E-state index is 6.06. The van der Waals surface area contributed by atoms with Gasteiger partial charge in [-0.2, -0.15) is 0 Å². The van der Waals surface area contributed by atoms with Crippen molar-refractivity contribution in [3.63, 3.8) is 0 Å².